The van der Waals surface area contributed by atoms with Gasteiger partial charge in [-0.2, -0.15) is 0 Å². The molecule has 5 nitrogen and oxygen atoms in total. The van der Waals surface area contributed by atoms with Crippen LogP contribution >= 0.6 is 0 Å². The van der Waals surface area contributed by atoms with Crippen LogP contribution in [0.1, 0.15) is 266 Å². The van der Waals surface area contributed by atoms with E-state index in [9.17, 15) is 4.79 Å². The van der Waals surface area contributed by atoms with Gasteiger partial charge in [-0.25, -0.2) is 4.79 Å². The van der Waals surface area contributed by atoms with Crippen molar-refractivity contribution in [2.75, 3.05) is 26.4 Å². The highest BCUT2D eigenvalue weighted by Gasteiger charge is 2.19. The van der Waals surface area contributed by atoms with Gasteiger partial charge in [0.1, 0.15) is 6.61 Å². The van der Waals surface area contributed by atoms with Crippen molar-refractivity contribution >= 4 is 6.09 Å². The number of hydrogen-bond donors (Lipinski definition) is 1. The van der Waals surface area contributed by atoms with Crippen molar-refractivity contribution in [3.05, 3.63) is 0 Å². The minimum absolute atomic E-state index is 0.213. The average molecular weight is 766 g/mol. The second-order valence-electron chi connectivity index (χ2n) is 18.0. The lowest BCUT2D eigenvalue weighted by Gasteiger charge is -2.25. The van der Waals surface area contributed by atoms with Crippen LogP contribution in [-0.4, -0.2) is 44.2 Å². The van der Waals surface area contributed by atoms with Gasteiger partial charge in [0.15, 0.2) is 0 Å². The molecule has 1 amide bonds. The minimum atomic E-state index is -0.331. The number of hydrogen-bond acceptors (Lipinski definition) is 4. The molecule has 0 aromatic rings. The third-order valence-corrected chi connectivity index (χ3v) is 11.2. The minimum Gasteiger partial charge on any atom is -0.447 e. The third kappa shape index (κ3) is 42.3. The van der Waals surface area contributed by atoms with Gasteiger partial charge in [-0.3, -0.25) is 0 Å². The van der Waals surface area contributed by atoms with Crippen molar-refractivity contribution in [2.24, 2.45) is 5.92 Å². The molecule has 0 aromatic heterocycles. The van der Waals surface area contributed by atoms with Crippen molar-refractivity contribution < 1.29 is 19.0 Å². The first kappa shape index (κ1) is 53.2. The Labute approximate surface area is 339 Å². The van der Waals surface area contributed by atoms with E-state index < -0.39 is 0 Å². The summed E-state index contributed by atoms with van der Waals surface area (Å²) in [5.74, 6) is 0.630. The Bertz CT molecular complexity index is 705. The summed E-state index contributed by atoms with van der Waals surface area (Å²) >= 11 is 0. The number of rotatable bonds is 44. The van der Waals surface area contributed by atoms with Crippen molar-refractivity contribution in [2.45, 2.75) is 278 Å². The van der Waals surface area contributed by atoms with E-state index in [1.54, 1.807) is 0 Å². The maximum absolute atomic E-state index is 12.7. The molecular formula is C49H99NO4. The van der Waals surface area contributed by atoms with Crippen molar-refractivity contribution in [3.8, 4) is 0 Å². The van der Waals surface area contributed by atoms with Gasteiger partial charge in [0.25, 0.3) is 0 Å². The lowest BCUT2D eigenvalue weighted by molar-refractivity contribution is -0.0815. The fourth-order valence-electron chi connectivity index (χ4n) is 7.50. The van der Waals surface area contributed by atoms with Crippen LogP contribution in [0.5, 0.6) is 0 Å². The molecule has 0 fully saturated rings. The van der Waals surface area contributed by atoms with Gasteiger partial charge in [0, 0.05) is 12.6 Å². The molecule has 0 unspecified atom stereocenters. The van der Waals surface area contributed by atoms with Gasteiger partial charge in [-0.05, 0) is 39.0 Å². The van der Waals surface area contributed by atoms with E-state index in [0.717, 1.165) is 25.9 Å². The monoisotopic (exact) mass is 766 g/mol. The predicted octanol–water partition coefficient (Wildman–Crippen LogP) is 16.2. The van der Waals surface area contributed by atoms with Gasteiger partial charge < -0.3 is 19.5 Å². The molecule has 0 saturated carbocycles. The van der Waals surface area contributed by atoms with E-state index in [0.29, 0.717) is 19.1 Å². The van der Waals surface area contributed by atoms with E-state index in [1.165, 1.54) is 205 Å². The first-order valence-corrected chi connectivity index (χ1v) is 24.5. The lowest BCUT2D eigenvalue weighted by atomic mass is 9.99. The van der Waals surface area contributed by atoms with Gasteiger partial charge in [-0.15, -0.1) is 0 Å². The molecule has 54 heavy (non-hydrogen) atoms. The number of alkyl carbamates (subject to hydrolysis) is 1. The van der Waals surface area contributed by atoms with Crippen LogP contribution in [0.25, 0.3) is 0 Å². The molecule has 0 bridgehead atoms. The number of ether oxygens (including phenoxy) is 3. The highest BCUT2D eigenvalue weighted by Crippen LogP contribution is 2.18. The summed E-state index contributed by atoms with van der Waals surface area (Å²) in [6.45, 7) is 15.0. The number of carbonyl (C=O) groups excluding carboxylic acids is 1. The SMILES string of the molecule is CCCCCCCCCCCCCCCCCCC(CCCCCCCCCCCCCCCCCC)NC(=O)OCCOCC(C)(C)OCCC(C)C. The summed E-state index contributed by atoms with van der Waals surface area (Å²) < 4.78 is 17.3. The summed E-state index contributed by atoms with van der Waals surface area (Å²) in [5.41, 5.74) is -0.331. The Balaban J connectivity index is 4.19. The fraction of sp³-hybridized carbons (Fsp3) is 0.980. The highest BCUT2D eigenvalue weighted by molar-refractivity contribution is 5.67. The molecule has 0 aliphatic rings. The van der Waals surface area contributed by atoms with Crippen LogP contribution in [0.3, 0.4) is 0 Å². The van der Waals surface area contributed by atoms with Crippen LogP contribution in [0.4, 0.5) is 4.79 Å². The van der Waals surface area contributed by atoms with Crippen LogP contribution in [0.2, 0.25) is 0 Å². The number of unbranched alkanes of at least 4 members (excludes halogenated alkanes) is 30. The predicted molar refractivity (Wildman–Crippen MR) is 237 cm³/mol. The van der Waals surface area contributed by atoms with Crippen LogP contribution in [0, 0.1) is 5.92 Å². The molecular weight excluding hydrogens is 667 g/mol. The van der Waals surface area contributed by atoms with Crippen molar-refractivity contribution in [1.82, 2.24) is 5.32 Å². The summed E-state index contributed by atoms with van der Waals surface area (Å²) in [5, 5.41) is 3.23. The largest absolute Gasteiger partial charge is 0.447 e. The Morgan fingerprint density at radius 3 is 1.13 bits per heavy atom. The van der Waals surface area contributed by atoms with E-state index in [2.05, 4.69) is 46.9 Å². The van der Waals surface area contributed by atoms with Gasteiger partial charge in [0.05, 0.1) is 18.8 Å². The molecule has 0 rings (SSSR count). The molecule has 5 heteroatoms. The second kappa shape index (κ2) is 41.8. The van der Waals surface area contributed by atoms with E-state index in [1.807, 2.05) is 0 Å². The first-order valence-electron chi connectivity index (χ1n) is 24.5. The van der Waals surface area contributed by atoms with Crippen LogP contribution in [-0.2, 0) is 14.2 Å². The van der Waals surface area contributed by atoms with E-state index in [-0.39, 0.29) is 24.3 Å². The molecule has 324 valence electrons. The molecule has 0 aliphatic heterocycles. The normalized spacial score (nSPS) is 12.0. The van der Waals surface area contributed by atoms with Gasteiger partial charge in [0.2, 0.25) is 0 Å². The van der Waals surface area contributed by atoms with Crippen molar-refractivity contribution in [3.63, 3.8) is 0 Å². The molecule has 0 aromatic carbocycles. The maximum atomic E-state index is 12.7. The molecule has 0 spiro atoms. The smallest absolute Gasteiger partial charge is 0.407 e. The molecule has 0 atom stereocenters. The Morgan fingerprint density at radius 2 is 0.796 bits per heavy atom. The zero-order valence-electron chi connectivity index (χ0n) is 37.9. The first-order chi connectivity index (χ1) is 26.3. The third-order valence-electron chi connectivity index (χ3n) is 11.2. The highest BCUT2D eigenvalue weighted by atomic mass is 16.6. The molecule has 0 aliphatic carbocycles. The number of amides is 1. The molecule has 0 heterocycles. The van der Waals surface area contributed by atoms with Crippen molar-refractivity contribution in [1.29, 1.82) is 0 Å². The second-order valence-corrected chi connectivity index (χ2v) is 18.0. The van der Waals surface area contributed by atoms with E-state index >= 15 is 0 Å². The zero-order chi connectivity index (χ0) is 39.6. The standard InChI is InChI=1S/C49H99NO4/c1-7-9-11-13-15-17-19-21-23-25-27-29-31-33-35-37-39-47(50-48(51)53-44-43-52-45-49(5,6)54-42-41-46(3)4)40-38-36-34-32-30-28-26-24-22-20-18-16-14-12-10-8-2/h46-47H,7-45H2,1-6H3,(H,50,51). The zero-order valence-corrected chi connectivity index (χ0v) is 37.9. The summed E-state index contributed by atoms with van der Waals surface area (Å²) in [7, 11) is 0. The van der Waals surface area contributed by atoms with Gasteiger partial charge >= 0.3 is 6.09 Å². The maximum Gasteiger partial charge on any atom is 0.407 e. The summed E-state index contributed by atoms with van der Waals surface area (Å²) in [6.07, 6.45) is 47.2. The number of carbonyl (C=O) groups is 1. The quantitative estimate of drug-likeness (QED) is 0.0628. The van der Waals surface area contributed by atoms with Crippen LogP contribution < -0.4 is 5.32 Å². The van der Waals surface area contributed by atoms with Gasteiger partial charge in [-0.1, -0.05) is 233 Å². The van der Waals surface area contributed by atoms with Crippen LogP contribution in [0.15, 0.2) is 0 Å². The summed E-state index contributed by atoms with van der Waals surface area (Å²) in [6, 6.07) is 0.213. The molecule has 1 N–H and O–H groups in total. The average Bonchev–Trinajstić information content (AvgIpc) is 3.13. The number of nitrogens with one attached hydrogen (secondary N) is 1. The molecule has 0 saturated heterocycles. The lowest BCUT2D eigenvalue weighted by Crippen LogP contribution is -2.36. The Hall–Kier alpha value is -0.810. The topological polar surface area (TPSA) is 56.8 Å². The Morgan fingerprint density at radius 1 is 0.463 bits per heavy atom. The molecule has 0 radical (unpaired) electrons. The Kier molecular flexibility index (Phi) is 41.2. The summed E-state index contributed by atoms with van der Waals surface area (Å²) in [4.78, 5) is 12.7. The fourth-order valence-corrected chi connectivity index (χ4v) is 7.50. The van der Waals surface area contributed by atoms with E-state index in [4.69, 9.17) is 14.2 Å².